The van der Waals surface area contributed by atoms with E-state index in [0.717, 1.165) is 0 Å². The number of pyridine rings is 1. The zero-order chi connectivity index (χ0) is 13.7. The van der Waals surface area contributed by atoms with Crippen molar-refractivity contribution < 1.29 is 13.5 Å². The predicted octanol–water partition coefficient (Wildman–Crippen LogP) is 0.880. The van der Waals surface area contributed by atoms with Crippen molar-refractivity contribution >= 4 is 9.84 Å². The molecule has 3 rings (SSSR count). The lowest BCUT2D eigenvalue weighted by Gasteiger charge is -2.35. The van der Waals surface area contributed by atoms with Gasteiger partial charge in [0.15, 0.2) is 9.84 Å². The fourth-order valence-electron chi connectivity index (χ4n) is 3.31. The molecule has 0 spiro atoms. The molecule has 0 amide bonds. The summed E-state index contributed by atoms with van der Waals surface area (Å²) in [5.41, 5.74) is -0.642. The molecular formula is C13H14N2O3S. The minimum Gasteiger partial charge on any atom is -0.383 e. The van der Waals surface area contributed by atoms with Gasteiger partial charge >= 0.3 is 0 Å². The molecule has 2 atom stereocenters. The van der Waals surface area contributed by atoms with Gasteiger partial charge in [0, 0.05) is 6.20 Å². The molecule has 3 heterocycles. The molecule has 6 heteroatoms. The summed E-state index contributed by atoms with van der Waals surface area (Å²) in [6, 6.07) is 5.26. The normalized spacial score (nSPS) is 35.8. The van der Waals surface area contributed by atoms with Crippen LogP contribution in [0.15, 0.2) is 18.3 Å². The topological polar surface area (TPSA) is 91.0 Å². The molecule has 5 nitrogen and oxygen atoms in total. The number of aliphatic hydroxyl groups is 1. The van der Waals surface area contributed by atoms with Crippen molar-refractivity contribution in [2.75, 3.05) is 0 Å². The van der Waals surface area contributed by atoms with Crippen molar-refractivity contribution in [1.82, 2.24) is 4.98 Å². The molecule has 19 heavy (non-hydrogen) atoms. The lowest BCUT2D eigenvalue weighted by molar-refractivity contribution is 0.0128. The van der Waals surface area contributed by atoms with Crippen LogP contribution in [-0.4, -0.2) is 29.0 Å². The SMILES string of the molecule is N#Cc1cccnc1C1(O)CC2CCC(C1)S2(=O)=O. The Morgan fingerprint density at radius 3 is 2.58 bits per heavy atom. The van der Waals surface area contributed by atoms with Crippen LogP contribution in [0.25, 0.3) is 0 Å². The average Bonchev–Trinajstić information content (AvgIpc) is 2.57. The Balaban J connectivity index is 2.05. The standard InChI is InChI=1S/C13H14N2O3S/c14-8-9-2-1-5-15-12(9)13(16)6-10-3-4-11(7-13)19(10,17)18/h1-2,5,10-11,16H,3-4,6-7H2. The number of sulfone groups is 1. The van der Waals surface area contributed by atoms with Crippen LogP contribution in [0.1, 0.15) is 36.9 Å². The molecule has 0 saturated carbocycles. The van der Waals surface area contributed by atoms with Crippen molar-refractivity contribution in [1.29, 1.82) is 5.26 Å². The van der Waals surface area contributed by atoms with Crippen molar-refractivity contribution in [3.05, 3.63) is 29.6 Å². The number of nitriles is 1. The van der Waals surface area contributed by atoms with Gasteiger partial charge in [-0.3, -0.25) is 4.98 Å². The molecular weight excluding hydrogens is 264 g/mol. The summed E-state index contributed by atoms with van der Waals surface area (Å²) >= 11 is 0. The molecule has 2 saturated heterocycles. The van der Waals surface area contributed by atoms with Crippen LogP contribution in [0, 0.1) is 11.3 Å². The van der Waals surface area contributed by atoms with E-state index < -0.39 is 25.9 Å². The van der Waals surface area contributed by atoms with Crippen LogP contribution >= 0.6 is 0 Å². The third kappa shape index (κ3) is 1.77. The Hall–Kier alpha value is -1.45. The summed E-state index contributed by atoms with van der Waals surface area (Å²) in [6.45, 7) is 0. The van der Waals surface area contributed by atoms with Crippen molar-refractivity contribution in [3.63, 3.8) is 0 Å². The van der Waals surface area contributed by atoms with E-state index in [4.69, 9.17) is 5.26 Å². The number of hydrogen-bond acceptors (Lipinski definition) is 5. The van der Waals surface area contributed by atoms with Gasteiger partial charge in [-0.2, -0.15) is 5.26 Å². The number of rotatable bonds is 1. The summed E-state index contributed by atoms with van der Waals surface area (Å²) in [5, 5.41) is 18.9. The molecule has 2 aliphatic rings. The first-order chi connectivity index (χ1) is 8.97. The second-order valence-corrected chi connectivity index (χ2v) is 7.87. The van der Waals surface area contributed by atoms with E-state index in [-0.39, 0.29) is 12.8 Å². The quantitative estimate of drug-likeness (QED) is 0.823. The van der Waals surface area contributed by atoms with E-state index in [1.54, 1.807) is 12.1 Å². The second kappa shape index (κ2) is 4.02. The second-order valence-electron chi connectivity index (χ2n) is 5.36. The van der Waals surface area contributed by atoms with E-state index >= 15 is 0 Å². The molecule has 0 radical (unpaired) electrons. The highest BCUT2D eigenvalue weighted by Gasteiger charge is 2.54. The zero-order valence-corrected chi connectivity index (χ0v) is 11.1. The summed E-state index contributed by atoms with van der Waals surface area (Å²) in [7, 11) is -3.10. The highest BCUT2D eigenvalue weighted by Crippen LogP contribution is 2.47. The van der Waals surface area contributed by atoms with Crippen LogP contribution in [0.5, 0.6) is 0 Å². The maximum absolute atomic E-state index is 12.1. The Labute approximate surface area is 111 Å². The molecule has 100 valence electrons. The van der Waals surface area contributed by atoms with Crippen molar-refractivity contribution in [2.24, 2.45) is 0 Å². The monoisotopic (exact) mass is 278 g/mol. The van der Waals surface area contributed by atoms with Gasteiger partial charge in [-0.25, -0.2) is 8.42 Å². The number of fused-ring (bicyclic) bond motifs is 2. The molecule has 0 aliphatic carbocycles. The summed E-state index contributed by atoms with van der Waals surface area (Å²) in [5.74, 6) is 0. The number of aromatic nitrogens is 1. The smallest absolute Gasteiger partial charge is 0.156 e. The van der Waals surface area contributed by atoms with Crippen molar-refractivity contribution in [2.45, 2.75) is 41.8 Å². The Kier molecular flexibility index (Phi) is 2.66. The van der Waals surface area contributed by atoms with Gasteiger partial charge in [-0.15, -0.1) is 0 Å². The number of hydrogen-bond donors (Lipinski definition) is 1. The third-order valence-electron chi connectivity index (χ3n) is 4.24. The first-order valence-electron chi connectivity index (χ1n) is 6.28. The lowest BCUT2D eigenvalue weighted by atomic mass is 9.87. The van der Waals surface area contributed by atoms with E-state index in [1.165, 1.54) is 6.20 Å². The van der Waals surface area contributed by atoms with Gasteiger partial charge in [0.25, 0.3) is 0 Å². The minimum atomic E-state index is -3.10. The van der Waals surface area contributed by atoms with Crippen LogP contribution in [-0.2, 0) is 15.4 Å². The van der Waals surface area contributed by atoms with E-state index in [0.29, 0.717) is 24.1 Å². The van der Waals surface area contributed by atoms with Gasteiger partial charge in [-0.05, 0) is 37.8 Å². The Morgan fingerprint density at radius 1 is 1.37 bits per heavy atom. The van der Waals surface area contributed by atoms with Gasteiger partial charge < -0.3 is 5.11 Å². The first kappa shape index (κ1) is 12.6. The Morgan fingerprint density at radius 2 is 2.00 bits per heavy atom. The van der Waals surface area contributed by atoms with Gasteiger partial charge in [0.2, 0.25) is 0 Å². The van der Waals surface area contributed by atoms with Crippen LogP contribution in [0.2, 0.25) is 0 Å². The minimum absolute atomic E-state index is 0.150. The largest absolute Gasteiger partial charge is 0.383 e. The molecule has 1 aromatic heterocycles. The molecule has 1 N–H and O–H groups in total. The highest BCUT2D eigenvalue weighted by molar-refractivity contribution is 7.93. The Bertz CT molecular complexity index is 643. The molecule has 2 fully saturated rings. The summed E-state index contributed by atoms with van der Waals surface area (Å²) in [4.78, 5) is 4.12. The van der Waals surface area contributed by atoms with E-state index in [2.05, 4.69) is 4.98 Å². The van der Waals surface area contributed by atoms with Gasteiger partial charge in [0.05, 0.1) is 21.8 Å². The first-order valence-corrected chi connectivity index (χ1v) is 7.89. The van der Waals surface area contributed by atoms with Gasteiger partial charge in [0.1, 0.15) is 11.7 Å². The van der Waals surface area contributed by atoms with Crippen LogP contribution in [0.3, 0.4) is 0 Å². The van der Waals surface area contributed by atoms with E-state index in [1.807, 2.05) is 6.07 Å². The maximum atomic E-state index is 12.1. The maximum Gasteiger partial charge on any atom is 0.156 e. The highest BCUT2D eigenvalue weighted by atomic mass is 32.2. The molecule has 2 unspecified atom stereocenters. The predicted molar refractivity (Wildman–Crippen MR) is 67.8 cm³/mol. The summed E-state index contributed by atoms with van der Waals surface area (Å²) < 4.78 is 24.1. The van der Waals surface area contributed by atoms with Crippen LogP contribution < -0.4 is 0 Å². The molecule has 2 aliphatic heterocycles. The molecule has 0 aromatic carbocycles. The molecule has 1 aromatic rings. The zero-order valence-electron chi connectivity index (χ0n) is 10.3. The fourth-order valence-corrected chi connectivity index (χ4v) is 5.79. The summed E-state index contributed by atoms with van der Waals surface area (Å²) in [6.07, 6.45) is 3.03. The van der Waals surface area contributed by atoms with Crippen LogP contribution in [0.4, 0.5) is 0 Å². The fraction of sp³-hybridized carbons (Fsp3) is 0.538. The average molecular weight is 278 g/mol. The molecule has 2 bridgehead atoms. The lowest BCUT2D eigenvalue weighted by Crippen LogP contribution is -2.43. The number of nitrogens with zero attached hydrogens (tertiary/aromatic N) is 2. The van der Waals surface area contributed by atoms with Crippen molar-refractivity contribution in [3.8, 4) is 6.07 Å². The van der Waals surface area contributed by atoms with Gasteiger partial charge in [-0.1, -0.05) is 0 Å². The van der Waals surface area contributed by atoms with E-state index in [9.17, 15) is 13.5 Å². The third-order valence-corrected chi connectivity index (χ3v) is 6.90.